The fourth-order valence-electron chi connectivity index (χ4n) is 1.05. The smallest absolute Gasteiger partial charge is 0.328 e. The van der Waals surface area contributed by atoms with Gasteiger partial charge < -0.3 is 14.9 Å². The van der Waals surface area contributed by atoms with Crippen molar-refractivity contribution in [1.82, 2.24) is 0 Å². The van der Waals surface area contributed by atoms with Crippen molar-refractivity contribution < 1.29 is 24.3 Å². The zero-order valence-electron chi connectivity index (χ0n) is 7.67. The second-order valence-corrected chi connectivity index (χ2v) is 5.03. The van der Waals surface area contributed by atoms with E-state index in [9.17, 15) is 9.36 Å². The van der Waals surface area contributed by atoms with Crippen molar-refractivity contribution in [2.24, 2.45) is 5.92 Å². The molecule has 2 atom stereocenters. The molecule has 0 aromatic carbocycles. The minimum absolute atomic E-state index is 0.0239. The van der Waals surface area contributed by atoms with E-state index in [4.69, 9.17) is 14.9 Å². The van der Waals surface area contributed by atoms with E-state index in [0.717, 1.165) is 0 Å². The zero-order valence-corrected chi connectivity index (χ0v) is 8.57. The third-order valence-electron chi connectivity index (χ3n) is 1.99. The SMILES string of the molecule is CCC(CC(C)C(=O)O)P(=O)(O)O. The molecule has 0 aromatic heterocycles. The second-order valence-electron chi connectivity index (χ2n) is 3.13. The molecule has 0 rings (SSSR count). The summed E-state index contributed by atoms with van der Waals surface area (Å²) in [7, 11) is -4.13. The van der Waals surface area contributed by atoms with Crippen LogP contribution in [0.4, 0.5) is 0 Å². The Balaban J connectivity index is 4.31. The lowest BCUT2D eigenvalue weighted by Gasteiger charge is -2.18. The van der Waals surface area contributed by atoms with E-state index in [0.29, 0.717) is 6.42 Å². The van der Waals surface area contributed by atoms with Gasteiger partial charge in [0.25, 0.3) is 0 Å². The number of rotatable bonds is 5. The molecule has 0 bridgehead atoms. The number of carboxylic acids is 1. The summed E-state index contributed by atoms with van der Waals surface area (Å²) in [5.41, 5.74) is -0.835. The molecule has 0 aliphatic heterocycles. The van der Waals surface area contributed by atoms with Crippen molar-refractivity contribution in [2.45, 2.75) is 32.3 Å². The Bertz CT molecular complexity index is 221. The van der Waals surface area contributed by atoms with Crippen molar-refractivity contribution in [3.8, 4) is 0 Å². The van der Waals surface area contributed by atoms with Crippen LogP contribution >= 0.6 is 7.60 Å². The molecular weight excluding hydrogens is 195 g/mol. The van der Waals surface area contributed by atoms with Crippen LogP contribution in [-0.4, -0.2) is 26.5 Å². The fraction of sp³-hybridized carbons (Fsp3) is 0.857. The zero-order chi connectivity index (χ0) is 10.6. The van der Waals surface area contributed by atoms with Gasteiger partial charge in [0.2, 0.25) is 0 Å². The van der Waals surface area contributed by atoms with Gasteiger partial charge in [-0.1, -0.05) is 13.8 Å². The fourth-order valence-corrected chi connectivity index (χ4v) is 2.12. The maximum atomic E-state index is 10.8. The Morgan fingerprint density at radius 1 is 1.46 bits per heavy atom. The lowest BCUT2D eigenvalue weighted by atomic mass is 10.0. The third-order valence-corrected chi connectivity index (χ3v) is 3.52. The molecule has 6 heteroatoms. The Hall–Kier alpha value is -0.380. The van der Waals surface area contributed by atoms with Gasteiger partial charge >= 0.3 is 13.6 Å². The van der Waals surface area contributed by atoms with Gasteiger partial charge in [0.15, 0.2) is 0 Å². The monoisotopic (exact) mass is 210 g/mol. The van der Waals surface area contributed by atoms with Crippen LogP contribution in [0, 0.1) is 5.92 Å². The summed E-state index contributed by atoms with van der Waals surface area (Å²) in [4.78, 5) is 28.1. The number of aliphatic carboxylic acids is 1. The molecule has 0 aliphatic carbocycles. The first-order valence-corrected chi connectivity index (χ1v) is 5.75. The predicted molar refractivity (Wildman–Crippen MR) is 47.5 cm³/mol. The molecule has 0 spiro atoms. The van der Waals surface area contributed by atoms with E-state index in [1.165, 1.54) is 6.92 Å². The van der Waals surface area contributed by atoms with Crippen molar-refractivity contribution in [3.63, 3.8) is 0 Å². The maximum absolute atomic E-state index is 10.8. The first-order chi connectivity index (χ1) is 5.79. The van der Waals surface area contributed by atoms with Gasteiger partial charge in [-0.25, -0.2) is 0 Å². The van der Waals surface area contributed by atoms with Gasteiger partial charge in [0.1, 0.15) is 0 Å². The summed E-state index contributed by atoms with van der Waals surface area (Å²) in [6.07, 6.45) is 0.317. The van der Waals surface area contributed by atoms with Gasteiger partial charge in [-0.2, -0.15) is 0 Å². The van der Waals surface area contributed by atoms with Gasteiger partial charge in [-0.3, -0.25) is 9.36 Å². The Kier molecular flexibility index (Phi) is 4.61. The Labute approximate surface area is 76.9 Å². The highest BCUT2D eigenvalue weighted by molar-refractivity contribution is 7.52. The molecule has 0 saturated heterocycles. The molecule has 0 radical (unpaired) electrons. The van der Waals surface area contributed by atoms with Crippen LogP contribution in [0.15, 0.2) is 0 Å². The normalized spacial score (nSPS) is 16.6. The summed E-state index contributed by atoms with van der Waals surface area (Å²) in [5.74, 6) is -1.73. The average Bonchev–Trinajstić information content (AvgIpc) is 1.96. The summed E-state index contributed by atoms with van der Waals surface area (Å²) < 4.78 is 10.8. The molecule has 0 amide bonds. The summed E-state index contributed by atoms with van der Waals surface area (Å²) in [6.45, 7) is 3.08. The quantitative estimate of drug-likeness (QED) is 0.589. The Morgan fingerprint density at radius 2 is 1.92 bits per heavy atom. The molecule has 0 fully saturated rings. The van der Waals surface area contributed by atoms with Gasteiger partial charge in [0.05, 0.1) is 11.6 Å². The molecular formula is C7H15O5P. The highest BCUT2D eigenvalue weighted by atomic mass is 31.2. The van der Waals surface area contributed by atoms with Crippen LogP contribution in [-0.2, 0) is 9.36 Å². The average molecular weight is 210 g/mol. The van der Waals surface area contributed by atoms with Gasteiger partial charge in [-0.05, 0) is 12.8 Å². The maximum Gasteiger partial charge on any atom is 0.328 e. The molecule has 0 aliphatic rings. The highest BCUT2D eigenvalue weighted by Gasteiger charge is 2.30. The van der Waals surface area contributed by atoms with Crippen molar-refractivity contribution in [3.05, 3.63) is 0 Å². The summed E-state index contributed by atoms with van der Waals surface area (Å²) in [5, 5.41) is 8.54. The minimum Gasteiger partial charge on any atom is -0.481 e. The van der Waals surface area contributed by atoms with E-state index in [1.807, 2.05) is 0 Å². The molecule has 13 heavy (non-hydrogen) atoms. The number of carbonyl (C=O) groups is 1. The number of hydrogen-bond acceptors (Lipinski definition) is 2. The van der Waals surface area contributed by atoms with Crippen molar-refractivity contribution >= 4 is 13.6 Å². The number of carboxylic acid groups (broad SMARTS) is 1. The Morgan fingerprint density at radius 3 is 2.15 bits per heavy atom. The van der Waals surface area contributed by atoms with E-state index in [-0.39, 0.29) is 6.42 Å². The molecule has 3 N–H and O–H groups in total. The predicted octanol–water partition coefficient (Wildman–Crippen LogP) is 1.05. The van der Waals surface area contributed by atoms with Gasteiger partial charge in [0, 0.05) is 0 Å². The van der Waals surface area contributed by atoms with Crippen LogP contribution in [0.2, 0.25) is 0 Å². The summed E-state index contributed by atoms with van der Waals surface area (Å²) >= 11 is 0. The molecule has 2 unspecified atom stereocenters. The molecule has 0 saturated carbocycles. The molecule has 5 nitrogen and oxygen atoms in total. The van der Waals surface area contributed by atoms with Crippen LogP contribution in [0.25, 0.3) is 0 Å². The van der Waals surface area contributed by atoms with E-state index in [2.05, 4.69) is 0 Å². The topological polar surface area (TPSA) is 94.8 Å². The van der Waals surface area contributed by atoms with Crippen molar-refractivity contribution in [1.29, 1.82) is 0 Å². The summed E-state index contributed by atoms with van der Waals surface area (Å²) in [6, 6.07) is 0. The van der Waals surface area contributed by atoms with E-state index < -0.39 is 25.1 Å². The highest BCUT2D eigenvalue weighted by Crippen LogP contribution is 2.45. The van der Waals surface area contributed by atoms with E-state index >= 15 is 0 Å². The minimum atomic E-state index is -4.13. The molecule has 0 aromatic rings. The lowest BCUT2D eigenvalue weighted by Crippen LogP contribution is -2.18. The first kappa shape index (κ1) is 12.6. The molecule has 0 heterocycles. The van der Waals surface area contributed by atoms with Crippen molar-refractivity contribution in [2.75, 3.05) is 0 Å². The lowest BCUT2D eigenvalue weighted by molar-refractivity contribution is -0.141. The van der Waals surface area contributed by atoms with E-state index in [1.54, 1.807) is 6.92 Å². The van der Waals surface area contributed by atoms with Crippen LogP contribution in [0.3, 0.4) is 0 Å². The largest absolute Gasteiger partial charge is 0.481 e. The van der Waals surface area contributed by atoms with Crippen LogP contribution in [0.5, 0.6) is 0 Å². The second kappa shape index (κ2) is 4.74. The van der Waals surface area contributed by atoms with Gasteiger partial charge in [-0.15, -0.1) is 0 Å². The number of hydrogen-bond donors (Lipinski definition) is 3. The third kappa shape index (κ3) is 4.41. The molecule has 78 valence electrons. The standard InChI is InChI=1S/C7H15O5P/c1-3-6(13(10,11)12)4-5(2)7(8)9/h5-6H,3-4H2,1-2H3,(H,8,9)(H2,10,11,12). The van der Waals surface area contributed by atoms with Crippen LogP contribution < -0.4 is 0 Å². The first-order valence-electron chi connectivity index (χ1n) is 4.07. The van der Waals surface area contributed by atoms with Crippen LogP contribution in [0.1, 0.15) is 26.7 Å².